The zero-order chi connectivity index (χ0) is 14.7. The third kappa shape index (κ3) is 2.89. The van der Waals surface area contributed by atoms with Crippen LogP contribution in [0.25, 0.3) is 0 Å². The van der Waals surface area contributed by atoms with Gasteiger partial charge >= 0.3 is 0 Å². The Balaban J connectivity index is 2.28. The molecule has 2 aromatic rings. The maximum Gasteiger partial charge on any atom is 0.272 e. The zero-order valence-corrected chi connectivity index (χ0v) is 10.0. The lowest BCUT2D eigenvalue weighted by Crippen LogP contribution is -1.95. The molecule has 0 amide bonds. The van der Waals surface area contributed by atoms with E-state index >= 15 is 0 Å². The lowest BCUT2D eigenvalue weighted by molar-refractivity contribution is -0.385. The first-order chi connectivity index (χ1) is 9.51. The first kappa shape index (κ1) is 13.9. The Morgan fingerprint density at radius 2 is 1.70 bits per heavy atom. The highest BCUT2D eigenvalue weighted by molar-refractivity contribution is 5.40. The third-order valence-corrected chi connectivity index (χ3v) is 2.53. The Bertz CT molecular complexity index is 661. The van der Waals surface area contributed by atoms with Crippen molar-refractivity contribution >= 4 is 5.69 Å². The number of benzene rings is 2. The predicted molar refractivity (Wildman–Crippen MR) is 65.5 cm³/mol. The summed E-state index contributed by atoms with van der Waals surface area (Å²) in [5, 5.41) is 19.3. The molecule has 0 saturated carbocycles. The van der Waals surface area contributed by atoms with E-state index in [9.17, 15) is 18.9 Å². The van der Waals surface area contributed by atoms with Gasteiger partial charge in [-0.15, -0.1) is 0 Å². The molecule has 1 N–H and O–H groups in total. The van der Waals surface area contributed by atoms with E-state index < -0.39 is 22.2 Å². The normalized spacial score (nSPS) is 10.3. The van der Waals surface area contributed by atoms with Crippen molar-refractivity contribution in [2.24, 2.45) is 0 Å². The van der Waals surface area contributed by atoms with Gasteiger partial charge in [0.25, 0.3) is 5.69 Å². The standard InChI is InChI=1S/C13H9F2NO4/c14-10-5-8(7-17)1-3-12(10)20-13-4-2-9(16(18)19)6-11(13)15/h1-6,17H,7H2. The second-order valence-corrected chi connectivity index (χ2v) is 3.90. The van der Waals surface area contributed by atoms with Gasteiger partial charge in [-0.2, -0.15) is 0 Å². The molecule has 0 bridgehead atoms. The van der Waals surface area contributed by atoms with E-state index in [0.717, 1.165) is 18.2 Å². The van der Waals surface area contributed by atoms with Crippen molar-refractivity contribution in [1.82, 2.24) is 0 Å². The van der Waals surface area contributed by atoms with Crippen molar-refractivity contribution in [2.45, 2.75) is 6.61 Å². The van der Waals surface area contributed by atoms with E-state index in [1.54, 1.807) is 0 Å². The molecule has 0 radical (unpaired) electrons. The minimum Gasteiger partial charge on any atom is -0.451 e. The fraction of sp³-hybridized carbons (Fsp3) is 0.0769. The molecular weight excluding hydrogens is 272 g/mol. The fourth-order valence-corrected chi connectivity index (χ4v) is 1.53. The van der Waals surface area contributed by atoms with E-state index in [-0.39, 0.29) is 18.1 Å². The van der Waals surface area contributed by atoms with Crippen molar-refractivity contribution in [2.75, 3.05) is 0 Å². The van der Waals surface area contributed by atoms with Gasteiger partial charge in [0.2, 0.25) is 0 Å². The number of nitro groups is 1. The summed E-state index contributed by atoms with van der Waals surface area (Å²) >= 11 is 0. The van der Waals surface area contributed by atoms with Gasteiger partial charge in [0.15, 0.2) is 23.1 Å². The summed E-state index contributed by atoms with van der Waals surface area (Å²) in [7, 11) is 0. The van der Waals surface area contributed by atoms with Crippen LogP contribution in [0.1, 0.15) is 5.56 Å². The maximum atomic E-state index is 13.6. The molecule has 2 aromatic carbocycles. The highest BCUT2D eigenvalue weighted by atomic mass is 19.1. The van der Waals surface area contributed by atoms with Crippen LogP contribution in [0.5, 0.6) is 11.5 Å². The van der Waals surface area contributed by atoms with Gasteiger partial charge in [0.05, 0.1) is 17.6 Å². The monoisotopic (exact) mass is 281 g/mol. The maximum absolute atomic E-state index is 13.6. The number of rotatable bonds is 4. The van der Waals surface area contributed by atoms with Crippen molar-refractivity contribution < 1.29 is 23.5 Å². The third-order valence-electron chi connectivity index (χ3n) is 2.53. The number of aliphatic hydroxyl groups excluding tert-OH is 1. The summed E-state index contributed by atoms with van der Waals surface area (Å²) < 4.78 is 32.2. The van der Waals surface area contributed by atoms with E-state index in [2.05, 4.69) is 0 Å². The van der Waals surface area contributed by atoms with Crippen molar-refractivity contribution in [1.29, 1.82) is 0 Å². The quantitative estimate of drug-likeness (QED) is 0.690. The lowest BCUT2D eigenvalue weighted by atomic mass is 10.2. The molecular formula is C13H9F2NO4. The molecule has 0 heterocycles. The number of nitrogens with zero attached hydrogens (tertiary/aromatic N) is 1. The van der Waals surface area contributed by atoms with Gasteiger partial charge < -0.3 is 9.84 Å². The van der Waals surface area contributed by atoms with Crippen LogP contribution in [0.3, 0.4) is 0 Å². The van der Waals surface area contributed by atoms with Crippen LogP contribution >= 0.6 is 0 Å². The molecule has 2 rings (SSSR count). The number of non-ortho nitro benzene ring substituents is 1. The van der Waals surface area contributed by atoms with Crippen LogP contribution < -0.4 is 4.74 Å². The van der Waals surface area contributed by atoms with E-state index in [0.29, 0.717) is 11.6 Å². The van der Waals surface area contributed by atoms with Crippen LogP contribution in [0, 0.1) is 21.7 Å². The molecule has 0 aromatic heterocycles. The number of hydrogen-bond acceptors (Lipinski definition) is 4. The molecule has 0 spiro atoms. The summed E-state index contributed by atoms with van der Waals surface area (Å²) in [6.45, 7) is -0.330. The molecule has 104 valence electrons. The molecule has 0 aliphatic carbocycles. The smallest absolute Gasteiger partial charge is 0.272 e. The van der Waals surface area contributed by atoms with E-state index in [4.69, 9.17) is 9.84 Å². The molecule has 5 nitrogen and oxygen atoms in total. The Morgan fingerprint density at radius 1 is 1.10 bits per heavy atom. The van der Waals surface area contributed by atoms with Crippen LogP contribution in [0.15, 0.2) is 36.4 Å². The summed E-state index contributed by atoms with van der Waals surface area (Å²) in [6, 6.07) is 6.50. The largest absolute Gasteiger partial charge is 0.451 e. The number of halogens is 2. The van der Waals surface area contributed by atoms with Gasteiger partial charge in [-0.1, -0.05) is 6.07 Å². The predicted octanol–water partition coefficient (Wildman–Crippen LogP) is 3.16. The number of ether oxygens (including phenoxy) is 1. The fourth-order valence-electron chi connectivity index (χ4n) is 1.53. The summed E-state index contributed by atoms with van der Waals surface area (Å²) in [5.74, 6) is -2.31. The highest BCUT2D eigenvalue weighted by Gasteiger charge is 2.14. The van der Waals surface area contributed by atoms with Crippen molar-refractivity contribution in [3.8, 4) is 11.5 Å². The SMILES string of the molecule is O=[N+]([O-])c1ccc(Oc2ccc(CO)cc2F)c(F)c1. The minimum absolute atomic E-state index is 0.241. The summed E-state index contributed by atoms with van der Waals surface area (Å²) in [4.78, 5) is 9.72. The van der Waals surface area contributed by atoms with Gasteiger partial charge in [0, 0.05) is 6.07 Å². The molecule has 0 saturated heterocycles. The molecule has 0 aliphatic heterocycles. The number of nitro benzene ring substituents is 1. The van der Waals surface area contributed by atoms with Crippen LogP contribution in [0.4, 0.5) is 14.5 Å². The van der Waals surface area contributed by atoms with Crippen molar-refractivity contribution in [3.63, 3.8) is 0 Å². The van der Waals surface area contributed by atoms with Gasteiger partial charge in [-0.3, -0.25) is 10.1 Å². The summed E-state index contributed by atoms with van der Waals surface area (Å²) in [6.07, 6.45) is 0. The van der Waals surface area contributed by atoms with Crippen LogP contribution in [-0.4, -0.2) is 10.0 Å². The second-order valence-electron chi connectivity index (χ2n) is 3.90. The zero-order valence-electron chi connectivity index (χ0n) is 10.0. The molecule has 0 atom stereocenters. The Kier molecular flexibility index (Phi) is 3.90. The van der Waals surface area contributed by atoms with Gasteiger partial charge in [-0.25, -0.2) is 8.78 Å². The number of hydrogen-bond donors (Lipinski definition) is 1. The Hall–Kier alpha value is -2.54. The second kappa shape index (κ2) is 5.62. The first-order valence-corrected chi connectivity index (χ1v) is 5.52. The first-order valence-electron chi connectivity index (χ1n) is 5.52. The van der Waals surface area contributed by atoms with Gasteiger partial charge in [-0.05, 0) is 23.8 Å². The van der Waals surface area contributed by atoms with E-state index in [1.165, 1.54) is 12.1 Å². The van der Waals surface area contributed by atoms with Gasteiger partial charge in [0.1, 0.15) is 0 Å². The molecule has 20 heavy (non-hydrogen) atoms. The average molecular weight is 281 g/mol. The number of aliphatic hydroxyl groups is 1. The topological polar surface area (TPSA) is 72.6 Å². The molecule has 0 unspecified atom stereocenters. The van der Waals surface area contributed by atoms with E-state index in [1.807, 2.05) is 0 Å². The van der Waals surface area contributed by atoms with Crippen LogP contribution in [0.2, 0.25) is 0 Å². The Labute approximate surface area is 112 Å². The minimum atomic E-state index is -0.968. The average Bonchev–Trinajstić information content (AvgIpc) is 2.42. The molecule has 0 aliphatic rings. The van der Waals surface area contributed by atoms with Crippen molar-refractivity contribution in [3.05, 3.63) is 63.7 Å². The highest BCUT2D eigenvalue weighted by Crippen LogP contribution is 2.29. The molecule has 7 heteroatoms. The molecule has 0 fully saturated rings. The Morgan fingerprint density at radius 3 is 2.20 bits per heavy atom. The lowest BCUT2D eigenvalue weighted by Gasteiger charge is -2.08. The van der Waals surface area contributed by atoms with Crippen LogP contribution in [-0.2, 0) is 6.61 Å². The summed E-state index contributed by atoms with van der Waals surface area (Å²) in [5.41, 5.74) is -0.0787.